The van der Waals surface area contributed by atoms with E-state index in [1.807, 2.05) is 11.8 Å². The van der Waals surface area contributed by atoms with E-state index in [-0.39, 0.29) is 17.8 Å². The first-order valence-corrected chi connectivity index (χ1v) is 8.64. The van der Waals surface area contributed by atoms with Crippen molar-refractivity contribution in [2.75, 3.05) is 13.1 Å². The number of aromatic nitrogens is 1. The summed E-state index contributed by atoms with van der Waals surface area (Å²) in [6, 6.07) is 6.28. The predicted octanol–water partition coefficient (Wildman–Crippen LogP) is 2.68. The van der Waals surface area contributed by atoms with Crippen molar-refractivity contribution >= 4 is 17.2 Å². The van der Waals surface area contributed by atoms with Crippen LogP contribution in [0.5, 0.6) is 0 Å². The summed E-state index contributed by atoms with van der Waals surface area (Å²) in [6.45, 7) is 3.19. The zero-order valence-electron chi connectivity index (χ0n) is 12.8. The Hall–Kier alpha value is -1.79. The molecule has 2 aliphatic rings. The van der Waals surface area contributed by atoms with Gasteiger partial charge in [-0.25, -0.2) is 9.37 Å². The number of benzene rings is 1. The lowest BCUT2D eigenvalue weighted by atomic mass is 10.1. The van der Waals surface area contributed by atoms with Gasteiger partial charge in [0.15, 0.2) is 0 Å². The summed E-state index contributed by atoms with van der Waals surface area (Å²) >= 11 is 1.40. The monoisotopic (exact) mass is 331 g/mol. The van der Waals surface area contributed by atoms with Gasteiger partial charge in [0.25, 0.3) is 5.91 Å². The molecule has 120 valence electrons. The summed E-state index contributed by atoms with van der Waals surface area (Å²) in [7, 11) is 0. The lowest BCUT2D eigenvalue weighted by Gasteiger charge is -2.26. The number of fused-ring (bicyclic) bond motifs is 1. The van der Waals surface area contributed by atoms with Crippen LogP contribution in [0.15, 0.2) is 24.3 Å². The SMILES string of the molecule is Cc1nc(-c2ccc(F)cc2)c(C(=O)N2C[C@@H]3C[C@@H]3[C@H]2CN)s1. The maximum atomic E-state index is 13.2. The van der Waals surface area contributed by atoms with Crippen molar-refractivity contribution < 1.29 is 9.18 Å². The van der Waals surface area contributed by atoms with Crippen molar-refractivity contribution in [1.29, 1.82) is 0 Å². The van der Waals surface area contributed by atoms with Gasteiger partial charge in [-0.05, 0) is 49.4 Å². The molecule has 0 spiro atoms. The first-order valence-electron chi connectivity index (χ1n) is 7.83. The number of hydrogen-bond donors (Lipinski definition) is 1. The summed E-state index contributed by atoms with van der Waals surface area (Å²) in [5.41, 5.74) is 7.30. The summed E-state index contributed by atoms with van der Waals surface area (Å²) < 4.78 is 13.2. The lowest BCUT2D eigenvalue weighted by molar-refractivity contribution is 0.0718. The molecule has 4 rings (SSSR count). The Morgan fingerprint density at radius 3 is 2.87 bits per heavy atom. The number of aryl methyl sites for hydroxylation is 1. The molecule has 1 aromatic carbocycles. The van der Waals surface area contributed by atoms with Crippen LogP contribution in [-0.2, 0) is 0 Å². The van der Waals surface area contributed by atoms with Gasteiger partial charge in [-0.1, -0.05) is 0 Å². The number of piperidine rings is 1. The fourth-order valence-electron chi connectivity index (χ4n) is 3.61. The van der Waals surface area contributed by atoms with E-state index in [0.717, 1.165) is 17.1 Å². The van der Waals surface area contributed by atoms with Crippen molar-refractivity contribution in [1.82, 2.24) is 9.88 Å². The summed E-state index contributed by atoms with van der Waals surface area (Å²) in [4.78, 5) is 20.1. The Morgan fingerprint density at radius 2 is 2.17 bits per heavy atom. The minimum Gasteiger partial charge on any atom is -0.333 e. The highest BCUT2D eigenvalue weighted by atomic mass is 32.1. The molecule has 6 heteroatoms. The Labute approximate surface area is 138 Å². The third-order valence-electron chi connectivity index (χ3n) is 4.85. The normalized spacial score (nSPS) is 25.5. The molecule has 2 N–H and O–H groups in total. The van der Waals surface area contributed by atoms with Crippen LogP contribution in [0.1, 0.15) is 21.1 Å². The Bertz CT molecular complexity index is 758. The molecule has 1 saturated heterocycles. The van der Waals surface area contributed by atoms with Crippen LogP contribution in [0, 0.1) is 24.6 Å². The molecule has 1 aliphatic carbocycles. The molecule has 2 heterocycles. The molecule has 1 saturated carbocycles. The number of nitrogens with zero attached hydrogens (tertiary/aromatic N) is 2. The molecule has 4 nitrogen and oxygen atoms in total. The molecule has 2 fully saturated rings. The molecule has 2 aromatic rings. The first kappa shape index (κ1) is 14.8. The van der Waals surface area contributed by atoms with E-state index < -0.39 is 0 Å². The van der Waals surface area contributed by atoms with Crippen LogP contribution in [-0.4, -0.2) is 34.9 Å². The molecule has 0 radical (unpaired) electrons. The van der Waals surface area contributed by atoms with Gasteiger partial charge in [-0.3, -0.25) is 4.79 Å². The van der Waals surface area contributed by atoms with E-state index in [0.29, 0.717) is 29.0 Å². The number of thiazole rings is 1. The second kappa shape index (κ2) is 5.39. The molecule has 0 unspecified atom stereocenters. The molecule has 1 aromatic heterocycles. The average molecular weight is 331 g/mol. The maximum Gasteiger partial charge on any atom is 0.266 e. The van der Waals surface area contributed by atoms with Gasteiger partial charge in [-0.2, -0.15) is 0 Å². The fraction of sp³-hybridized carbons (Fsp3) is 0.412. The smallest absolute Gasteiger partial charge is 0.266 e. The van der Waals surface area contributed by atoms with Crippen LogP contribution in [0.25, 0.3) is 11.3 Å². The van der Waals surface area contributed by atoms with Crippen LogP contribution in [0.2, 0.25) is 0 Å². The molecular formula is C17H18FN3OS. The van der Waals surface area contributed by atoms with Gasteiger partial charge in [0, 0.05) is 24.7 Å². The van der Waals surface area contributed by atoms with E-state index >= 15 is 0 Å². The van der Waals surface area contributed by atoms with Crippen LogP contribution in [0.3, 0.4) is 0 Å². The van der Waals surface area contributed by atoms with E-state index in [1.165, 1.54) is 29.9 Å². The van der Waals surface area contributed by atoms with Crippen LogP contribution in [0.4, 0.5) is 4.39 Å². The number of rotatable bonds is 3. The number of carbonyl (C=O) groups excluding carboxylic acids is 1. The van der Waals surface area contributed by atoms with E-state index in [2.05, 4.69) is 4.98 Å². The van der Waals surface area contributed by atoms with Crippen molar-refractivity contribution in [3.8, 4) is 11.3 Å². The second-order valence-corrected chi connectivity index (χ2v) is 7.54. The van der Waals surface area contributed by atoms with Crippen molar-refractivity contribution in [3.05, 3.63) is 40.0 Å². The highest BCUT2D eigenvalue weighted by molar-refractivity contribution is 7.14. The Morgan fingerprint density at radius 1 is 1.43 bits per heavy atom. The number of likely N-dealkylation sites (tertiary alicyclic amines) is 1. The zero-order valence-corrected chi connectivity index (χ0v) is 13.6. The Balaban J connectivity index is 1.69. The van der Waals surface area contributed by atoms with Crippen molar-refractivity contribution in [2.24, 2.45) is 17.6 Å². The number of amides is 1. The maximum absolute atomic E-state index is 13.2. The molecule has 3 atom stereocenters. The quantitative estimate of drug-likeness (QED) is 0.941. The fourth-order valence-corrected chi connectivity index (χ4v) is 4.51. The van der Waals surface area contributed by atoms with Crippen LogP contribution >= 0.6 is 11.3 Å². The van der Waals surface area contributed by atoms with Gasteiger partial charge in [0.1, 0.15) is 10.7 Å². The standard InChI is InChI=1S/C17H18FN3OS/c1-9-20-15(10-2-4-12(18)5-3-10)16(23-9)17(22)21-8-11-6-13(11)14(21)7-19/h2-5,11,13-14H,6-8,19H2,1H3/t11-,13-,14+/m0/s1. The molecule has 1 aliphatic heterocycles. The second-order valence-electron chi connectivity index (χ2n) is 6.34. The molecular weight excluding hydrogens is 313 g/mol. The lowest BCUT2D eigenvalue weighted by Crippen LogP contribution is -2.42. The van der Waals surface area contributed by atoms with Gasteiger partial charge in [0.05, 0.1) is 10.7 Å². The summed E-state index contributed by atoms with van der Waals surface area (Å²) in [5.74, 6) is 0.914. The molecule has 1 amide bonds. The first-order chi connectivity index (χ1) is 11.1. The minimum atomic E-state index is -0.295. The number of nitrogens with two attached hydrogens (primary N) is 1. The highest BCUT2D eigenvalue weighted by Crippen LogP contribution is 2.50. The summed E-state index contributed by atoms with van der Waals surface area (Å²) in [6.07, 6.45) is 1.19. The van der Waals surface area contributed by atoms with Gasteiger partial charge >= 0.3 is 0 Å². The number of hydrogen-bond acceptors (Lipinski definition) is 4. The van der Waals surface area contributed by atoms with Crippen molar-refractivity contribution in [2.45, 2.75) is 19.4 Å². The molecule has 23 heavy (non-hydrogen) atoms. The van der Waals surface area contributed by atoms with Gasteiger partial charge in [0.2, 0.25) is 0 Å². The third-order valence-corrected chi connectivity index (χ3v) is 5.81. The number of carbonyl (C=O) groups is 1. The van der Waals surface area contributed by atoms with Crippen molar-refractivity contribution in [3.63, 3.8) is 0 Å². The van der Waals surface area contributed by atoms with Gasteiger partial charge in [-0.15, -0.1) is 11.3 Å². The van der Waals surface area contributed by atoms with Crippen LogP contribution < -0.4 is 5.73 Å². The Kier molecular flexibility index (Phi) is 3.46. The highest BCUT2D eigenvalue weighted by Gasteiger charge is 2.53. The topological polar surface area (TPSA) is 59.2 Å². The van der Waals surface area contributed by atoms with E-state index in [9.17, 15) is 9.18 Å². The minimum absolute atomic E-state index is 0.0116. The number of halogens is 1. The van der Waals surface area contributed by atoms with Gasteiger partial charge < -0.3 is 10.6 Å². The largest absolute Gasteiger partial charge is 0.333 e. The molecule has 0 bridgehead atoms. The van der Waals surface area contributed by atoms with E-state index in [4.69, 9.17) is 5.73 Å². The summed E-state index contributed by atoms with van der Waals surface area (Å²) in [5, 5.41) is 0.835. The average Bonchev–Trinajstić information content (AvgIpc) is 3.04. The zero-order chi connectivity index (χ0) is 16.1. The van der Waals surface area contributed by atoms with E-state index in [1.54, 1.807) is 12.1 Å². The third kappa shape index (κ3) is 2.46. The predicted molar refractivity (Wildman–Crippen MR) is 87.7 cm³/mol.